The van der Waals surface area contributed by atoms with E-state index in [2.05, 4.69) is 25.7 Å². The topological polar surface area (TPSA) is 67.1 Å². The standard InChI is InChI=1S/C14H18ClFN6.HI/c1-17-14(19-8-13-20-9-21-22(13)2)18-6-5-10-3-4-11(16)7-12(10)15;/h3-4,7,9H,5-6,8H2,1-2H3,(H2,17,18,19);1H. The molecule has 0 saturated heterocycles. The van der Waals surface area contributed by atoms with Crippen LogP contribution in [0.4, 0.5) is 4.39 Å². The van der Waals surface area contributed by atoms with Crippen LogP contribution in [0.15, 0.2) is 29.5 Å². The van der Waals surface area contributed by atoms with Crippen molar-refractivity contribution < 1.29 is 4.39 Å². The number of hydrogen-bond acceptors (Lipinski definition) is 3. The quantitative estimate of drug-likeness (QED) is 0.414. The van der Waals surface area contributed by atoms with Gasteiger partial charge in [0.1, 0.15) is 18.0 Å². The lowest BCUT2D eigenvalue weighted by atomic mass is 10.1. The first-order valence-corrected chi connectivity index (χ1v) is 7.19. The zero-order valence-electron chi connectivity index (χ0n) is 12.9. The summed E-state index contributed by atoms with van der Waals surface area (Å²) in [4.78, 5) is 8.25. The van der Waals surface area contributed by atoms with Gasteiger partial charge < -0.3 is 10.6 Å². The van der Waals surface area contributed by atoms with Crippen molar-refractivity contribution in [3.8, 4) is 0 Å². The van der Waals surface area contributed by atoms with E-state index in [1.165, 1.54) is 18.5 Å². The van der Waals surface area contributed by atoms with Crippen LogP contribution in [0.5, 0.6) is 0 Å². The predicted molar refractivity (Wildman–Crippen MR) is 99.7 cm³/mol. The summed E-state index contributed by atoms with van der Waals surface area (Å²) in [6.45, 7) is 1.15. The molecule has 0 unspecified atom stereocenters. The minimum atomic E-state index is -0.331. The van der Waals surface area contributed by atoms with Gasteiger partial charge in [0, 0.05) is 25.7 Å². The number of aryl methyl sites for hydroxylation is 1. The number of nitrogens with one attached hydrogen (secondary N) is 2. The summed E-state index contributed by atoms with van der Waals surface area (Å²) in [5.41, 5.74) is 0.888. The second-order valence-electron chi connectivity index (χ2n) is 4.64. The maximum Gasteiger partial charge on any atom is 0.191 e. The van der Waals surface area contributed by atoms with Gasteiger partial charge in [-0.2, -0.15) is 5.10 Å². The number of benzene rings is 1. The molecule has 1 aromatic heterocycles. The number of hydrogen-bond donors (Lipinski definition) is 2. The highest BCUT2D eigenvalue weighted by Gasteiger charge is 2.04. The highest BCUT2D eigenvalue weighted by Crippen LogP contribution is 2.17. The van der Waals surface area contributed by atoms with Crippen LogP contribution < -0.4 is 10.6 Å². The monoisotopic (exact) mass is 452 g/mol. The van der Waals surface area contributed by atoms with Crippen molar-refractivity contribution in [2.45, 2.75) is 13.0 Å². The van der Waals surface area contributed by atoms with E-state index in [9.17, 15) is 4.39 Å². The number of halogens is 3. The van der Waals surface area contributed by atoms with E-state index in [0.717, 1.165) is 11.4 Å². The zero-order valence-corrected chi connectivity index (χ0v) is 16.0. The first-order chi connectivity index (χ1) is 10.6. The van der Waals surface area contributed by atoms with Gasteiger partial charge in [0.2, 0.25) is 0 Å². The molecule has 0 aliphatic heterocycles. The highest BCUT2D eigenvalue weighted by molar-refractivity contribution is 14.0. The number of rotatable bonds is 5. The molecule has 2 aromatic rings. The summed E-state index contributed by atoms with van der Waals surface area (Å²) < 4.78 is 14.7. The molecule has 0 radical (unpaired) electrons. The highest BCUT2D eigenvalue weighted by atomic mass is 127. The molecule has 0 saturated carbocycles. The van der Waals surface area contributed by atoms with Crippen molar-refractivity contribution >= 4 is 41.5 Å². The minimum absolute atomic E-state index is 0. The molecular weight excluding hydrogens is 434 g/mol. The summed E-state index contributed by atoms with van der Waals surface area (Å²) in [6, 6.07) is 4.41. The zero-order chi connectivity index (χ0) is 15.9. The van der Waals surface area contributed by atoms with E-state index >= 15 is 0 Å². The SMILES string of the molecule is CN=C(NCCc1ccc(F)cc1Cl)NCc1ncnn1C.I. The summed E-state index contributed by atoms with van der Waals surface area (Å²) in [6.07, 6.45) is 2.17. The molecular formula is C14H19ClFIN6. The maximum absolute atomic E-state index is 13.0. The molecule has 0 aliphatic carbocycles. The van der Waals surface area contributed by atoms with Gasteiger partial charge in [0.25, 0.3) is 0 Å². The normalized spacial score (nSPS) is 11.0. The molecule has 9 heteroatoms. The molecule has 2 rings (SSSR count). The van der Waals surface area contributed by atoms with Crippen LogP contribution in [-0.2, 0) is 20.0 Å². The van der Waals surface area contributed by atoms with E-state index in [1.54, 1.807) is 17.8 Å². The van der Waals surface area contributed by atoms with Gasteiger partial charge in [-0.1, -0.05) is 17.7 Å². The predicted octanol–water partition coefficient (Wildman–Crippen LogP) is 2.13. The Balaban J connectivity index is 0.00000264. The molecule has 0 amide bonds. The fraction of sp³-hybridized carbons (Fsp3) is 0.357. The molecule has 6 nitrogen and oxygen atoms in total. The van der Waals surface area contributed by atoms with Crippen LogP contribution >= 0.6 is 35.6 Å². The van der Waals surface area contributed by atoms with Gasteiger partial charge in [-0.15, -0.1) is 24.0 Å². The number of guanidine groups is 1. The van der Waals surface area contributed by atoms with Crippen molar-refractivity contribution in [3.63, 3.8) is 0 Å². The third kappa shape index (κ3) is 5.94. The average molecular weight is 453 g/mol. The third-order valence-electron chi connectivity index (χ3n) is 3.14. The second kappa shape index (κ2) is 9.66. The van der Waals surface area contributed by atoms with Gasteiger partial charge in [-0.3, -0.25) is 9.67 Å². The molecule has 2 N–H and O–H groups in total. The lowest BCUT2D eigenvalue weighted by Crippen LogP contribution is -2.38. The van der Waals surface area contributed by atoms with Gasteiger partial charge in [-0.05, 0) is 24.1 Å². The van der Waals surface area contributed by atoms with E-state index in [0.29, 0.717) is 30.5 Å². The van der Waals surface area contributed by atoms with Gasteiger partial charge >= 0.3 is 0 Å². The van der Waals surface area contributed by atoms with E-state index < -0.39 is 0 Å². The molecule has 1 heterocycles. The van der Waals surface area contributed by atoms with E-state index in [-0.39, 0.29) is 29.8 Å². The summed E-state index contributed by atoms with van der Waals surface area (Å²) >= 11 is 5.99. The van der Waals surface area contributed by atoms with E-state index in [1.807, 2.05) is 7.05 Å². The summed E-state index contributed by atoms with van der Waals surface area (Å²) in [7, 11) is 3.52. The van der Waals surface area contributed by atoms with Crippen molar-refractivity contribution in [3.05, 3.63) is 46.8 Å². The lowest BCUT2D eigenvalue weighted by Gasteiger charge is -2.12. The first-order valence-electron chi connectivity index (χ1n) is 6.81. The molecule has 0 spiro atoms. The minimum Gasteiger partial charge on any atom is -0.356 e. The van der Waals surface area contributed by atoms with Crippen LogP contribution in [0.25, 0.3) is 0 Å². The van der Waals surface area contributed by atoms with Crippen LogP contribution in [0.1, 0.15) is 11.4 Å². The fourth-order valence-electron chi connectivity index (χ4n) is 1.90. The molecule has 23 heavy (non-hydrogen) atoms. The van der Waals surface area contributed by atoms with Crippen molar-refractivity contribution in [1.29, 1.82) is 0 Å². The Bertz CT molecular complexity index is 660. The summed E-state index contributed by atoms with van der Waals surface area (Å²) in [5.74, 6) is 1.13. The number of nitrogens with zero attached hydrogens (tertiary/aromatic N) is 4. The molecule has 126 valence electrons. The molecule has 0 bridgehead atoms. The van der Waals surface area contributed by atoms with Crippen LogP contribution in [0.2, 0.25) is 5.02 Å². The van der Waals surface area contributed by atoms with Crippen molar-refractivity contribution in [2.24, 2.45) is 12.0 Å². The molecule has 0 atom stereocenters. The molecule has 0 aliphatic rings. The van der Waals surface area contributed by atoms with E-state index in [4.69, 9.17) is 11.6 Å². The third-order valence-corrected chi connectivity index (χ3v) is 3.50. The van der Waals surface area contributed by atoms with Crippen LogP contribution in [-0.4, -0.2) is 34.3 Å². The Morgan fingerprint density at radius 2 is 2.17 bits per heavy atom. The Labute approximate surface area is 156 Å². The Morgan fingerprint density at radius 3 is 2.78 bits per heavy atom. The van der Waals surface area contributed by atoms with Crippen molar-refractivity contribution in [2.75, 3.05) is 13.6 Å². The summed E-state index contributed by atoms with van der Waals surface area (Å²) in [5, 5.41) is 10.7. The first kappa shape index (κ1) is 19.6. The van der Waals surface area contributed by atoms with Crippen LogP contribution in [0, 0.1) is 5.82 Å². The maximum atomic E-state index is 13.0. The van der Waals surface area contributed by atoms with Crippen molar-refractivity contribution in [1.82, 2.24) is 25.4 Å². The average Bonchev–Trinajstić information content (AvgIpc) is 2.90. The van der Waals surface area contributed by atoms with Gasteiger partial charge in [0.15, 0.2) is 5.96 Å². The van der Waals surface area contributed by atoms with Crippen LogP contribution in [0.3, 0.4) is 0 Å². The van der Waals surface area contributed by atoms with Gasteiger partial charge in [0.05, 0.1) is 6.54 Å². The fourth-order valence-corrected chi connectivity index (χ4v) is 2.17. The Hall–Kier alpha value is -1.42. The largest absolute Gasteiger partial charge is 0.356 e. The smallest absolute Gasteiger partial charge is 0.191 e. The van der Waals surface area contributed by atoms with Gasteiger partial charge in [-0.25, -0.2) is 9.37 Å². The number of aliphatic imine (C=N–C) groups is 1. The Kier molecular flexibility index (Phi) is 8.24. The second-order valence-corrected chi connectivity index (χ2v) is 5.05. The molecule has 1 aromatic carbocycles. The molecule has 0 fully saturated rings. The Morgan fingerprint density at radius 1 is 1.39 bits per heavy atom. The lowest BCUT2D eigenvalue weighted by molar-refractivity contribution is 0.627. The number of aromatic nitrogens is 3.